The minimum Gasteiger partial charge on any atom is -0.384 e. The van der Waals surface area contributed by atoms with Gasteiger partial charge in [0.25, 0.3) is 0 Å². The summed E-state index contributed by atoms with van der Waals surface area (Å²) in [6.45, 7) is 2.20. The SMILES string of the molecule is COCCS(=O)(=O)c1nc(CSc2ccc(C)cc2)ns1. The molecular formula is C13H16N2O3S3. The molecule has 2 aromatic rings. The van der Waals surface area contributed by atoms with E-state index in [2.05, 4.69) is 9.36 Å². The number of hydrogen-bond donors (Lipinski definition) is 0. The molecule has 0 atom stereocenters. The standard InChI is InChI=1S/C13H16N2O3S3/c1-10-3-5-11(6-4-10)19-9-12-14-13(20-15-12)21(16,17)8-7-18-2/h3-6H,7-9H2,1-2H3. The molecule has 0 aliphatic carbocycles. The average Bonchev–Trinajstić information content (AvgIpc) is 2.94. The second-order valence-corrected chi connectivity index (χ2v) is 8.47. The van der Waals surface area contributed by atoms with E-state index >= 15 is 0 Å². The molecule has 1 aromatic heterocycles. The van der Waals surface area contributed by atoms with Crippen LogP contribution in [0.25, 0.3) is 0 Å². The van der Waals surface area contributed by atoms with Crippen LogP contribution in [0.1, 0.15) is 11.4 Å². The van der Waals surface area contributed by atoms with Crippen molar-refractivity contribution in [2.45, 2.75) is 21.9 Å². The molecule has 0 saturated carbocycles. The Kier molecular flexibility index (Phi) is 5.74. The predicted molar refractivity (Wildman–Crippen MR) is 84.6 cm³/mol. The predicted octanol–water partition coefficient (Wildman–Crippen LogP) is 2.56. The summed E-state index contributed by atoms with van der Waals surface area (Å²) in [5.74, 6) is 1.03. The number of ether oxygens (including phenoxy) is 1. The van der Waals surface area contributed by atoms with Gasteiger partial charge < -0.3 is 4.74 Å². The van der Waals surface area contributed by atoms with Crippen LogP contribution in [0.4, 0.5) is 0 Å². The van der Waals surface area contributed by atoms with E-state index in [1.807, 2.05) is 31.2 Å². The number of rotatable bonds is 7. The third kappa shape index (κ3) is 4.77. The van der Waals surface area contributed by atoms with Gasteiger partial charge >= 0.3 is 0 Å². The van der Waals surface area contributed by atoms with Crippen molar-refractivity contribution in [3.63, 3.8) is 0 Å². The highest BCUT2D eigenvalue weighted by Crippen LogP contribution is 2.23. The third-order valence-electron chi connectivity index (χ3n) is 2.66. The Morgan fingerprint density at radius 2 is 2.00 bits per heavy atom. The Morgan fingerprint density at radius 1 is 1.29 bits per heavy atom. The Labute approximate surface area is 132 Å². The van der Waals surface area contributed by atoms with E-state index < -0.39 is 9.84 Å². The maximum atomic E-state index is 11.9. The number of hydrogen-bond acceptors (Lipinski definition) is 7. The summed E-state index contributed by atoms with van der Waals surface area (Å²) in [4.78, 5) is 5.22. The zero-order valence-electron chi connectivity index (χ0n) is 11.8. The van der Waals surface area contributed by atoms with Crippen LogP contribution in [-0.4, -0.2) is 37.2 Å². The van der Waals surface area contributed by atoms with Crippen LogP contribution in [0.5, 0.6) is 0 Å². The normalized spacial score (nSPS) is 11.7. The highest BCUT2D eigenvalue weighted by Gasteiger charge is 2.19. The van der Waals surface area contributed by atoms with Gasteiger partial charge in [-0.3, -0.25) is 0 Å². The van der Waals surface area contributed by atoms with Gasteiger partial charge in [0.1, 0.15) is 0 Å². The Bertz CT molecular complexity index is 681. The van der Waals surface area contributed by atoms with Gasteiger partial charge in [-0.05, 0) is 30.6 Å². The minimum atomic E-state index is -3.38. The highest BCUT2D eigenvalue weighted by atomic mass is 32.2. The monoisotopic (exact) mass is 344 g/mol. The van der Waals surface area contributed by atoms with Crippen molar-refractivity contribution in [2.24, 2.45) is 0 Å². The quantitative estimate of drug-likeness (QED) is 0.719. The van der Waals surface area contributed by atoms with E-state index in [9.17, 15) is 8.42 Å². The summed E-state index contributed by atoms with van der Waals surface area (Å²) in [6.07, 6.45) is 0. The molecule has 0 saturated heterocycles. The first-order valence-electron chi connectivity index (χ1n) is 6.25. The fraction of sp³-hybridized carbons (Fsp3) is 0.385. The summed E-state index contributed by atoms with van der Waals surface area (Å²) in [5.41, 5.74) is 1.21. The third-order valence-corrected chi connectivity index (χ3v) is 6.53. The molecule has 0 aliphatic heterocycles. The lowest BCUT2D eigenvalue weighted by Gasteiger charge is -1.99. The van der Waals surface area contributed by atoms with E-state index in [1.165, 1.54) is 12.7 Å². The molecule has 0 aliphatic rings. The lowest BCUT2D eigenvalue weighted by atomic mass is 10.2. The zero-order chi connectivity index (χ0) is 15.3. The van der Waals surface area contributed by atoms with Crippen molar-refractivity contribution in [3.8, 4) is 0 Å². The Hall–Kier alpha value is -0.960. The van der Waals surface area contributed by atoms with E-state index in [-0.39, 0.29) is 16.7 Å². The van der Waals surface area contributed by atoms with Gasteiger partial charge in [0, 0.05) is 12.0 Å². The van der Waals surface area contributed by atoms with Crippen molar-refractivity contribution >= 4 is 33.1 Å². The lowest BCUT2D eigenvalue weighted by Crippen LogP contribution is -2.11. The molecule has 21 heavy (non-hydrogen) atoms. The molecule has 0 radical (unpaired) electrons. The topological polar surface area (TPSA) is 69.2 Å². The Balaban J connectivity index is 1.98. The molecule has 8 heteroatoms. The molecule has 1 heterocycles. The average molecular weight is 344 g/mol. The van der Waals surface area contributed by atoms with Crippen LogP contribution in [-0.2, 0) is 20.3 Å². The lowest BCUT2D eigenvalue weighted by molar-refractivity contribution is 0.217. The number of sulfone groups is 1. The van der Waals surface area contributed by atoms with Crippen molar-refractivity contribution in [2.75, 3.05) is 19.5 Å². The molecule has 5 nitrogen and oxygen atoms in total. The molecule has 0 spiro atoms. The number of thioether (sulfide) groups is 1. The highest BCUT2D eigenvalue weighted by molar-refractivity contribution is 7.98. The molecule has 1 aromatic carbocycles. The molecule has 0 unspecified atom stereocenters. The number of nitrogens with zero attached hydrogens (tertiary/aromatic N) is 2. The summed E-state index contributed by atoms with van der Waals surface area (Å²) < 4.78 is 32.9. The molecule has 114 valence electrons. The smallest absolute Gasteiger partial charge is 0.228 e. The summed E-state index contributed by atoms with van der Waals surface area (Å²) >= 11 is 2.51. The number of benzene rings is 1. The summed E-state index contributed by atoms with van der Waals surface area (Å²) in [5, 5.41) is 0. The van der Waals surface area contributed by atoms with Gasteiger partial charge in [-0.15, -0.1) is 11.8 Å². The number of aromatic nitrogens is 2. The first-order valence-corrected chi connectivity index (χ1v) is 9.66. The van der Waals surface area contributed by atoms with Crippen LogP contribution in [0, 0.1) is 6.92 Å². The van der Waals surface area contributed by atoms with Crippen LogP contribution in [0.3, 0.4) is 0 Å². The fourth-order valence-corrected chi connectivity index (χ4v) is 4.38. The molecular weight excluding hydrogens is 328 g/mol. The zero-order valence-corrected chi connectivity index (χ0v) is 14.2. The maximum absolute atomic E-state index is 11.9. The van der Waals surface area contributed by atoms with Crippen molar-refractivity contribution < 1.29 is 13.2 Å². The largest absolute Gasteiger partial charge is 0.384 e. The molecule has 0 fully saturated rings. The molecule has 0 N–H and O–H groups in total. The van der Waals surface area contributed by atoms with Gasteiger partial charge in [0.15, 0.2) is 5.82 Å². The van der Waals surface area contributed by atoms with Crippen LogP contribution in [0.2, 0.25) is 0 Å². The van der Waals surface area contributed by atoms with Gasteiger partial charge in [-0.25, -0.2) is 13.4 Å². The van der Waals surface area contributed by atoms with Crippen LogP contribution in [0.15, 0.2) is 33.5 Å². The molecule has 2 rings (SSSR count). The van der Waals surface area contributed by atoms with E-state index in [1.54, 1.807) is 11.8 Å². The molecule has 0 bridgehead atoms. The Morgan fingerprint density at radius 3 is 2.67 bits per heavy atom. The van der Waals surface area contributed by atoms with E-state index in [0.717, 1.165) is 16.4 Å². The summed E-state index contributed by atoms with van der Waals surface area (Å²) in [6, 6.07) is 8.14. The van der Waals surface area contributed by atoms with E-state index in [0.29, 0.717) is 11.6 Å². The number of aryl methyl sites for hydroxylation is 1. The van der Waals surface area contributed by atoms with Crippen molar-refractivity contribution in [1.82, 2.24) is 9.36 Å². The van der Waals surface area contributed by atoms with Crippen LogP contribution < -0.4 is 0 Å². The van der Waals surface area contributed by atoms with Gasteiger partial charge in [0.2, 0.25) is 14.2 Å². The van der Waals surface area contributed by atoms with Crippen molar-refractivity contribution in [1.29, 1.82) is 0 Å². The minimum absolute atomic E-state index is 0.0662. The second kappa shape index (κ2) is 7.35. The first-order chi connectivity index (χ1) is 10.0. The van der Waals surface area contributed by atoms with Crippen molar-refractivity contribution in [3.05, 3.63) is 35.7 Å². The molecule has 0 amide bonds. The van der Waals surface area contributed by atoms with Gasteiger partial charge in [0.05, 0.1) is 18.1 Å². The van der Waals surface area contributed by atoms with Crippen LogP contribution >= 0.6 is 23.3 Å². The van der Waals surface area contributed by atoms with Gasteiger partial charge in [-0.2, -0.15) is 4.37 Å². The fourth-order valence-electron chi connectivity index (χ4n) is 1.49. The first kappa shape index (κ1) is 16.4. The second-order valence-electron chi connectivity index (χ2n) is 4.39. The summed E-state index contributed by atoms with van der Waals surface area (Å²) in [7, 11) is -1.91. The van der Waals surface area contributed by atoms with E-state index in [4.69, 9.17) is 4.74 Å². The van der Waals surface area contributed by atoms with Gasteiger partial charge in [-0.1, -0.05) is 17.7 Å². The maximum Gasteiger partial charge on any atom is 0.228 e. The number of methoxy groups -OCH3 is 1.